The number of aromatic amines is 1. The van der Waals surface area contributed by atoms with Crippen molar-refractivity contribution in [2.24, 2.45) is 0 Å². The number of carbonyl (C=O) groups is 3. The van der Waals surface area contributed by atoms with Gasteiger partial charge in [-0.05, 0) is 37.5 Å². The van der Waals surface area contributed by atoms with Gasteiger partial charge < -0.3 is 20.1 Å². The molecule has 35 heavy (non-hydrogen) atoms. The van der Waals surface area contributed by atoms with Crippen molar-refractivity contribution in [3.05, 3.63) is 52.9 Å². The van der Waals surface area contributed by atoms with Gasteiger partial charge in [0.2, 0.25) is 0 Å². The fraction of sp³-hybridized carbons (Fsp3) is 0.333. The highest BCUT2D eigenvalue weighted by Gasteiger charge is 2.69. The molecule has 3 N–H and O–H groups in total. The highest BCUT2D eigenvalue weighted by Crippen LogP contribution is 2.60. The van der Waals surface area contributed by atoms with Crippen LogP contribution in [0.3, 0.4) is 0 Å². The minimum Gasteiger partial charge on any atom is -0.484 e. The van der Waals surface area contributed by atoms with E-state index in [1.165, 1.54) is 18.3 Å². The summed E-state index contributed by atoms with van der Waals surface area (Å²) in [6.45, 7) is -0.262. The van der Waals surface area contributed by atoms with Crippen LogP contribution in [0.25, 0.3) is 10.9 Å². The van der Waals surface area contributed by atoms with Crippen molar-refractivity contribution in [3.8, 4) is 11.5 Å². The average molecular weight is 499 g/mol. The number of carbonyl (C=O) groups excluding carboxylic acids is 3. The molecule has 7 rings (SSSR count). The Hall–Kier alpha value is -3.66. The predicted octanol–water partition coefficient (Wildman–Crippen LogP) is 2.68. The van der Waals surface area contributed by atoms with Crippen LogP contribution in [0.1, 0.15) is 36.0 Å². The summed E-state index contributed by atoms with van der Waals surface area (Å²) in [5.41, 5.74) is 0.0580. The Morgan fingerprint density at radius 3 is 2.77 bits per heavy atom. The molecule has 3 fully saturated rings. The highest BCUT2D eigenvalue weighted by molar-refractivity contribution is 6.31. The van der Waals surface area contributed by atoms with Crippen molar-refractivity contribution < 1.29 is 28.2 Å². The number of benzene rings is 2. The summed E-state index contributed by atoms with van der Waals surface area (Å²) in [4.78, 5) is 37.6. The van der Waals surface area contributed by atoms with Gasteiger partial charge >= 0.3 is 0 Å². The second-order valence-electron chi connectivity index (χ2n) is 9.53. The molecule has 3 aliphatic carbocycles. The number of amides is 2. The first-order chi connectivity index (χ1) is 16.7. The van der Waals surface area contributed by atoms with Gasteiger partial charge in [-0.15, -0.1) is 0 Å². The van der Waals surface area contributed by atoms with Crippen LogP contribution in [-0.2, 0) is 9.59 Å². The minimum absolute atomic E-state index is 0.0561. The number of Topliss-reactive ketones (excluding diaryl/α,β-unsaturated/α-hetero) is 1. The molecular formula is C24H20ClFN4O5. The molecule has 2 heterocycles. The van der Waals surface area contributed by atoms with Gasteiger partial charge in [0.1, 0.15) is 17.3 Å². The molecule has 3 saturated carbocycles. The normalized spacial score (nSPS) is 26.1. The molecule has 0 spiro atoms. The van der Waals surface area contributed by atoms with Gasteiger partial charge in [-0.25, -0.2) is 4.39 Å². The van der Waals surface area contributed by atoms with E-state index in [1.54, 1.807) is 18.2 Å². The molecule has 11 heteroatoms. The first kappa shape index (κ1) is 21.8. The smallest absolute Gasteiger partial charge is 0.261 e. The topological polar surface area (TPSA) is 122 Å². The Labute approximate surface area is 203 Å². The van der Waals surface area contributed by atoms with E-state index in [9.17, 15) is 18.8 Å². The monoisotopic (exact) mass is 498 g/mol. The maximum absolute atomic E-state index is 14.0. The van der Waals surface area contributed by atoms with Crippen LogP contribution in [0.4, 0.5) is 4.39 Å². The van der Waals surface area contributed by atoms with E-state index in [1.807, 2.05) is 0 Å². The van der Waals surface area contributed by atoms with Gasteiger partial charge in [-0.2, -0.15) is 5.10 Å². The summed E-state index contributed by atoms with van der Waals surface area (Å²) in [5, 5.41) is 13.2. The molecule has 1 aliphatic heterocycles. The Kier molecular flexibility index (Phi) is 4.79. The van der Waals surface area contributed by atoms with Crippen LogP contribution < -0.4 is 20.1 Å². The van der Waals surface area contributed by atoms with Crippen molar-refractivity contribution in [1.82, 2.24) is 20.8 Å². The summed E-state index contributed by atoms with van der Waals surface area (Å²) in [5.74, 6) is -0.786. The number of aromatic nitrogens is 2. The molecule has 2 bridgehead atoms. The van der Waals surface area contributed by atoms with Crippen LogP contribution in [0, 0.1) is 5.82 Å². The zero-order chi connectivity index (χ0) is 24.4. The average Bonchev–Trinajstić information content (AvgIpc) is 3.25. The van der Waals surface area contributed by atoms with E-state index in [4.69, 9.17) is 21.1 Å². The Morgan fingerprint density at radius 2 is 1.97 bits per heavy atom. The second-order valence-corrected chi connectivity index (χ2v) is 9.96. The molecule has 1 aromatic heterocycles. The van der Waals surface area contributed by atoms with Gasteiger partial charge in [-0.1, -0.05) is 11.6 Å². The Bertz CT molecular complexity index is 1390. The summed E-state index contributed by atoms with van der Waals surface area (Å²) in [7, 11) is 0. The highest BCUT2D eigenvalue weighted by atomic mass is 35.5. The van der Waals surface area contributed by atoms with E-state index >= 15 is 0 Å². The fourth-order valence-corrected chi connectivity index (χ4v) is 5.56. The van der Waals surface area contributed by atoms with Gasteiger partial charge in [-0.3, -0.25) is 19.5 Å². The number of ether oxygens (including phenoxy) is 2. The standard InChI is InChI=1S/C24H20ClFN4O5/c25-12-1-2-19-14(3-12)18(31)6-20(35-19)22(33)29-24-9-23(10-24,11-24)28-21(32)8-34-13-4-16(26)15-7-27-30-17(15)5-13/h1-5,7,20H,6,8-11H2,(H,27,30)(H,28,32)(H,29,33). The van der Waals surface area contributed by atoms with E-state index < -0.39 is 17.5 Å². The number of hydrogen-bond acceptors (Lipinski definition) is 6. The lowest BCUT2D eigenvalue weighted by Crippen LogP contribution is -2.84. The van der Waals surface area contributed by atoms with E-state index in [0.717, 1.165) is 0 Å². The van der Waals surface area contributed by atoms with Crippen LogP contribution in [0.2, 0.25) is 5.02 Å². The third kappa shape index (κ3) is 3.78. The number of halogens is 2. The SMILES string of the molecule is O=C(COc1cc(F)c2cn[nH]c2c1)NC12CC(NC(=O)C3CC(=O)c4cc(Cl)ccc4O3)(C1)C2. The van der Waals surface area contributed by atoms with Crippen molar-refractivity contribution >= 4 is 40.1 Å². The van der Waals surface area contributed by atoms with E-state index in [2.05, 4.69) is 20.8 Å². The summed E-state index contributed by atoms with van der Waals surface area (Å²) in [6, 6.07) is 7.52. The van der Waals surface area contributed by atoms with Gasteiger partial charge in [0.05, 0.1) is 29.1 Å². The Balaban J connectivity index is 0.997. The summed E-state index contributed by atoms with van der Waals surface area (Å²) < 4.78 is 25.2. The summed E-state index contributed by atoms with van der Waals surface area (Å²) in [6.07, 6.45) is 2.17. The van der Waals surface area contributed by atoms with Gasteiger partial charge in [0.15, 0.2) is 18.5 Å². The summed E-state index contributed by atoms with van der Waals surface area (Å²) >= 11 is 5.94. The van der Waals surface area contributed by atoms with Crippen molar-refractivity contribution in [3.63, 3.8) is 0 Å². The molecule has 0 saturated heterocycles. The lowest BCUT2D eigenvalue weighted by Gasteiger charge is -2.70. The van der Waals surface area contributed by atoms with Crippen LogP contribution in [0.15, 0.2) is 36.5 Å². The quantitative estimate of drug-likeness (QED) is 0.480. The molecule has 4 aliphatic rings. The molecular weight excluding hydrogens is 479 g/mol. The maximum Gasteiger partial charge on any atom is 0.261 e. The second kappa shape index (κ2) is 7.67. The largest absolute Gasteiger partial charge is 0.484 e. The third-order valence-corrected chi connectivity index (χ3v) is 7.08. The van der Waals surface area contributed by atoms with Gasteiger partial charge in [0, 0.05) is 28.2 Å². The lowest BCUT2D eigenvalue weighted by atomic mass is 9.44. The molecule has 9 nitrogen and oxygen atoms in total. The molecule has 2 amide bonds. The lowest BCUT2D eigenvalue weighted by molar-refractivity contribution is -0.154. The molecule has 3 aromatic rings. The van der Waals surface area contributed by atoms with Crippen molar-refractivity contribution in [2.45, 2.75) is 42.9 Å². The molecule has 180 valence electrons. The predicted molar refractivity (Wildman–Crippen MR) is 122 cm³/mol. The van der Waals surface area contributed by atoms with Crippen LogP contribution in [0.5, 0.6) is 11.5 Å². The minimum atomic E-state index is -0.906. The Morgan fingerprint density at radius 1 is 1.20 bits per heavy atom. The van der Waals surface area contributed by atoms with Gasteiger partial charge in [0.25, 0.3) is 11.8 Å². The van der Waals surface area contributed by atoms with E-state index in [0.29, 0.717) is 46.5 Å². The van der Waals surface area contributed by atoms with Crippen LogP contribution >= 0.6 is 11.6 Å². The number of rotatable bonds is 6. The number of H-pyrrole nitrogens is 1. The number of nitrogens with one attached hydrogen (secondary N) is 3. The zero-order valence-corrected chi connectivity index (χ0v) is 19.1. The number of fused-ring (bicyclic) bond motifs is 2. The first-order valence-corrected chi connectivity index (χ1v) is 11.5. The third-order valence-electron chi connectivity index (χ3n) is 6.85. The van der Waals surface area contributed by atoms with E-state index in [-0.39, 0.29) is 41.9 Å². The zero-order valence-electron chi connectivity index (χ0n) is 18.3. The first-order valence-electron chi connectivity index (χ1n) is 11.1. The number of hydrogen-bond donors (Lipinski definition) is 3. The molecule has 1 atom stereocenters. The van der Waals surface area contributed by atoms with Crippen LogP contribution in [-0.4, -0.2) is 51.6 Å². The fourth-order valence-electron chi connectivity index (χ4n) is 5.38. The number of nitrogens with zero attached hydrogens (tertiary/aromatic N) is 1. The molecule has 1 unspecified atom stereocenters. The van der Waals surface area contributed by atoms with Crippen molar-refractivity contribution in [2.75, 3.05) is 6.61 Å². The molecule has 2 aromatic carbocycles. The molecule has 0 radical (unpaired) electrons. The van der Waals surface area contributed by atoms with Crippen molar-refractivity contribution in [1.29, 1.82) is 0 Å². The maximum atomic E-state index is 14.0. The number of ketones is 1.